The lowest BCUT2D eigenvalue weighted by Gasteiger charge is -2.36. The van der Waals surface area contributed by atoms with Gasteiger partial charge in [-0.05, 0) is 53.9 Å². The number of fused-ring (bicyclic) bond motifs is 4. The van der Waals surface area contributed by atoms with Gasteiger partial charge in [-0.2, -0.15) is 0 Å². The summed E-state index contributed by atoms with van der Waals surface area (Å²) in [5, 5.41) is 1.17. The van der Waals surface area contributed by atoms with Crippen molar-refractivity contribution in [2.24, 2.45) is 0 Å². The summed E-state index contributed by atoms with van der Waals surface area (Å²) in [6.45, 7) is 0.720. The molecule has 0 unspecified atom stereocenters. The predicted octanol–water partition coefficient (Wildman–Crippen LogP) is 4.82. The number of aromatic amines is 1. The zero-order chi connectivity index (χ0) is 20.9. The van der Waals surface area contributed by atoms with Gasteiger partial charge in [-0.25, -0.2) is 4.39 Å². The van der Waals surface area contributed by atoms with Crippen molar-refractivity contribution in [2.45, 2.75) is 12.5 Å². The second-order valence-electron chi connectivity index (χ2n) is 7.83. The highest BCUT2D eigenvalue weighted by molar-refractivity contribution is 5.96. The maximum absolute atomic E-state index is 13.7. The molecule has 0 saturated heterocycles. The first kappa shape index (κ1) is 18.0. The molecule has 6 rings (SSSR count). The van der Waals surface area contributed by atoms with Crippen molar-refractivity contribution in [3.8, 4) is 11.5 Å². The molecule has 0 bridgehead atoms. The van der Waals surface area contributed by atoms with E-state index >= 15 is 0 Å². The van der Waals surface area contributed by atoms with Gasteiger partial charge < -0.3 is 19.4 Å². The standard InChI is InChI=1S/C25H19FN2O3/c26-17-8-5-15(6-9-17)24-23-19(18-3-1-2-4-20(18)27-23)11-12-28(24)25(29)16-7-10-21-22(13-16)31-14-30-21/h1-10,13,24,27H,11-12,14H2/t24-/m0/s1. The zero-order valence-electron chi connectivity index (χ0n) is 16.6. The third-order valence-electron chi connectivity index (χ3n) is 6.10. The molecule has 2 aliphatic heterocycles. The average molecular weight is 414 g/mol. The third kappa shape index (κ3) is 2.86. The second kappa shape index (κ2) is 6.87. The van der Waals surface area contributed by atoms with Crippen LogP contribution >= 0.6 is 0 Å². The van der Waals surface area contributed by atoms with Crippen LogP contribution in [0.2, 0.25) is 0 Å². The normalized spacial score (nSPS) is 17.1. The fraction of sp³-hybridized carbons (Fsp3) is 0.160. The fourth-order valence-electron chi connectivity index (χ4n) is 4.65. The highest BCUT2D eigenvalue weighted by Crippen LogP contribution is 2.40. The Balaban J connectivity index is 1.47. The van der Waals surface area contributed by atoms with Gasteiger partial charge in [0.25, 0.3) is 5.91 Å². The molecule has 0 spiro atoms. The largest absolute Gasteiger partial charge is 0.454 e. The molecule has 3 heterocycles. The topological polar surface area (TPSA) is 54.6 Å². The number of ether oxygens (including phenoxy) is 2. The Morgan fingerprint density at radius 3 is 2.68 bits per heavy atom. The lowest BCUT2D eigenvalue weighted by Crippen LogP contribution is -2.40. The van der Waals surface area contributed by atoms with Gasteiger partial charge in [0, 0.05) is 28.7 Å². The third-order valence-corrected chi connectivity index (χ3v) is 6.10. The van der Waals surface area contributed by atoms with Crippen molar-refractivity contribution < 1.29 is 18.7 Å². The van der Waals surface area contributed by atoms with E-state index in [0.717, 1.165) is 23.2 Å². The molecule has 6 heteroatoms. The number of para-hydroxylation sites is 1. The Labute approximate surface area is 178 Å². The first-order chi connectivity index (χ1) is 15.2. The van der Waals surface area contributed by atoms with Crippen molar-refractivity contribution in [3.05, 3.63) is 94.9 Å². The maximum Gasteiger partial charge on any atom is 0.254 e. The highest BCUT2D eigenvalue weighted by atomic mass is 19.1. The SMILES string of the molecule is O=C(c1ccc2c(c1)OCO2)N1CCc2c([nH]c3ccccc23)[C@@H]1c1ccc(F)cc1. The van der Waals surface area contributed by atoms with E-state index in [4.69, 9.17) is 9.47 Å². The van der Waals surface area contributed by atoms with Crippen LogP contribution in [0.5, 0.6) is 11.5 Å². The quantitative estimate of drug-likeness (QED) is 0.512. The Morgan fingerprint density at radius 1 is 1.00 bits per heavy atom. The first-order valence-corrected chi connectivity index (χ1v) is 10.2. The second-order valence-corrected chi connectivity index (χ2v) is 7.83. The lowest BCUT2D eigenvalue weighted by atomic mass is 9.91. The van der Waals surface area contributed by atoms with Crippen LogP contribution in [0.4, 0.5) is 4.39 Å². The molecule has 3 aromatic carbocycles. The van der Waals surface area contributed by atoms with Gasteiger partial charge in [0.1, 0.15) is 5.82 Å². The Bertz CT molecular complexity index is 1310. The molecule has 4 aromatic rings. The Morgan fingerprint density at radius 2 is 1.81 bits per heavy atom. The number of rotatable bonds is 2. The molecule has 1 amide bonds. The number of nitrogens with zero attached hydrogens (tertiary/aromatic N) is 1. The fourth-order valence-corrected chi connectivity index (χ4v) is 4.65. The summed E-state index contributed by atoms with van der Waals surface area (Å²) in [5.74, 6) is 0.817. The lowest BCUT2D eigenvalue weighted by molar-refractivity contribution is 0.0691. The molecule has 0 saturated carbocycles. The summed E-state index contributed by atoms with van der Waals surface area (Å²) in [7, 11) is 0. The van der Waals surface area contributed by atoms with Crippen LogP contribution in [0.15, 0.2) is 66.7 Å². The van der Waals surface area contributed by atoms with Crippen LogP contribution in [0, 0.1) is 5.82 Å². The number of benzene rings is 3. The van der Waals surface area contributed by atoms with Crippen LogP contribution in [0.25, 0.3) is 10.9 Å². The van der Waals surface area contributed by atoms with Crippen LogP contribution in [0.1, 0.15) is 33.2 Å². The zero-order valence-corrected chi connectivity index (χ0v) is 16.6. The van der Waals surface area contributed by atoms with E-state index in [1.807, 2.05) is 23.1 Å². The summed E-state index contributed by atoms with van der Waals surface area (Å²) >= 11 is 0. The van der Waals surface area contributed by atoms with Gasteiger partial charge in [0.15, 0.2) is 11.5 Å². The number of aromatic nitrogens is 1. The van der Waals surface area contributed by atoms with E-state index in [0.29, 0.717) is 23.6 Å². The summed E-state index contributed by atoms with van der Waals surface area (Å²) in [6, 6.07) is 19.5. The van der Waals surface area contributed by atoms with E-state index in [1.165, 1.54) is 23.1 Å². The van der Waals surface area contributed by atoms with E-state index in [2.05, 4.69) is 11.1 Å². The van der Waals surface area contributed by atoms with Gasteiger partial charge in [0.05, 0.1) is 6.04 Å². The van der Waals surface area contributed by atoms with Crippen molar-refractivity contribution >= 4 is 16.8 Å². The van der Waals surface area contributed by atoms with Gasteiger partial charge in [-0.15, -0.1) is 0 Å². The number of amides is 1. The molecule has 5 nitrogen and oxygen atoms in total. The van der Waals surface area contributed by atoms with E-state index in [9.17, 15) is 9.18 Å². The molecule has 0 fully saturated rings. The predicted molar refractivity (Wildman–Crippen MR) is 114 cm³/mol. The van der Waals surface area contributed by atoms with Gasteiger partial charge in [-0.3, -0.25) is 4.79 Å². The monoisotopic (exact) mass is 414 g/mol. The van der Waals surface area contributed by atoms with E-state index in [1.54, 1.807) is 30.3 Å². The van der Waals surface area contributed by atoms with E-state index < -0.39 is 0 Å². The minimum Gasteiger partial charge on any atom is -0.454 e. The smallest absolute Gasteiger partial charge is 0.254 e. The summed E-state index contributed by atoms with van der Waals surface area (Å²) in [5.41, 5.74) is 4.63. The van der Waals surface area contributed by atoms with E-state index in [-0.39, 0.29) is 24.6 Å². The van der Waals surface area contributed by atoms with Crippen molar-refractivity contribution in [1.82, 2.24) is 9.88 Å². The van der Waals surface area contributed by atoms with Crippen LogP contribution < -0.4 is 9.47 Å². The number of hydrogen-bond acceptors (Lipinski definition) is 3. The first-order valence-electron chi connectivity index (χ1n) is 10.2. The molecular weight excluding hydrogens is 395 g/mol. The van der Waals surface area contributed by atoms with Crippen molar-refractivity contribution in [2.75, 3.05) is 13.3 Å². The molecule has 0 aliphatic carbocycles. The van der Waals surface area contributed by atoms with Crippen molar-refractivity contribution in [1.29, 1.82) is 0 Å². The van der Waals surface area contributed by atoms with Gasteiger partial charge in [-0.1, -0.05) is 30.3 Å². The number of carbonyl (C=O) groups is 1. The van der Waals surface area contributed by atoms with Crippen LogP contribution in [-0.2, 0) is 6.42 Å². The minimum atomic E-state index is -0.338. The molecule has 1 aromatic heterocycles. The Hall–Kier alpha value is -3.80. The number of hydrogen-bond donors (Lipinski definition) is 1. The van der Waals surface area contributed by atoms with Crippen molar-refractivity contribution in [3.63, 3.8) is 0 Å². The summed E-state index contributed by atoms with van der Waals surface area (Å²) < 4.78 is 24.5. The average Bonchev–Trinajstić information content (AvgIpc) is 3.42. The summed E-state index contributed by atoms with van der Waals surface area (Å²) in [4.78, 5) is 19.0. The Kier molecular flexibility index (Phi) is 3.99. The molecule has 1 atom stereocenters. The number of H-pyrrole nitrogens is 1. The number of carbonyl (C=O) groups excluding carboxylic acids is 1. The molecular formula is C25H19FN2O3. The van der Waals surface area contributed by atoms with Crippen LogP contribution in [-0.4, -0.2) is 29.1 Å². The molecule has 154 valence electrons. The van der Waals surface area contributed by atoms with Gasteiger partial charge in [0.2, 0.25) is 6.79 Å². The number of halogens is 1. The number of nitrogens with one attached hydrogen (secondary N) is 1. The molecule has 2 aliphatic rings. The van der Waals surface area contributed by atoms with Crippen LogP contribution in [0.3, 0.4) is 0 Å². The highest BCUT2D eigenvalue weighted by Gasteiger charge is 2.35. The molecule has 31 heavy (non-hydrogen) atoms. The minimum absolute atomic E-state index is 0.100. The van der Waals surface area contributed by atoms with Gasteiger partial charge >= 0.3 is 0 Å². The molecule has 1 N–H and O–H groups in total. The summed E-state index contributed by atoms with van der Waals surface area (Å²) in [6.07, 6.45) is 0.743. The maximum atomic E-state index is 13.7. The molecule has 0 radical (unpaired) electrons.